The number of hydrogen-bond acceptors (Lipinski definition) is 7. The topological polar surface area (TPSA) is 112 Å². The van der Waals surface area contributed by atoms with Crippen molar-refractivity contribution in [3.8, 4) is 22.8 Å². The summed E-state index contributed by atoms with van der Waals surface area (Å²) >= 11 is 0. The van der Waals surface area contributed by atoms with Crippen molar-refractivity contribution in [3.05, 3.63) is 72.5 Å². The number of alkyl halides is 3. The largest absolute Gasteiger partial charge is 0.497 e. The normalized spacial score (nSPS) is 13.3. The molecular formula is C21H16F3N5O4S. The van der Waals surface area contributed by atoms with Crippen LogP contribution in [-0.2, 0) is 15.9 Å². The summed E-state index contributed by atoms with van der Waals surface area (Å²) in [6.45, 7) is 0. The molecule has 0 N–H and O–H groups in total. The fourth-order valence-corrected chi connectivity index (χ4v) is 4.01. The monoisotopic (exact) mass is 491 g/mol. The molecule has 1 atom stereocenters. The fourth-order valence-electron chi connectivity index (χ4n) is 2.91. The van der Waals surface area contributed by atoms with Crippen molar-refractivity contribution < 1.29 is 31.4 Å². The van der Waals surface area contributed by atoms with Crippen molar-refractivity contribution in [2.45, 2.75) is 11.2 Å². The number of carbonyl (C=O) groups is 1. The second kappa shape index (κ2) is 8.74. The Morgan fingerprint density at radius 1 is 1.18 bits per heavy atom. The van der Waals surface area contributed by atoms with E-state index < -0.39 is 27.7 Å². The maximum atomic E-state index is 13.0. The molecule has 0 saturated carbocycles. The Kier molecular flexibility index (Phi) is 5.96. The number of rotatable bonds is 5. The van der Waals surface area contributed by atoms with Gasteiger partial charge in [0.05, 0.1) is 22.4 Å². The third-order valence-corrected chi connectivity index (χ3v) is 6.13. The van der Waals surface area contributed by atoms with E-state index in [1.165, 1.54) is 50.0 Å². The quantitative estimate of drug-likeness (QED) is 0.410. The molecule has 4 aromatic rings. The van der Waals surface area contributed by atoms with Gasteiger partial charge in [0.1, 0.15) is 10.8 Å². The van der Waals surface area contributed by atoms with E-state index in [0.717, 1.165) is 0 Å². The third-order valence-electron chi connectivity index (χ3n) is 4.62. The summed E-state index contributed by atoms with van der Waals surface area (Å²) in [5, 5.41) is 3.46. The Balaban J connectivity index is 1.55. The van der Waals surface area contributed by atoms with E-state index in [9.17, 15) is 22.2 Å². The van der Waals surface area contributed by atoms with Crippen molar-refractivity contribution in [2.24, 2.45) is 4.36 Å². The molecule has 34 heavy (non-hydrogen) atoms. The summed E-state index contributed by atoms with van der Waals surface area (Å²) in [6, 6.07) is 10.8. The van der Waals surface area contributed by atoms with Crippen molar-refractivity contribution in [1.82, 2.24) is 19.7 Å². The Labute approximate surface area is 191 Å². The van der Waals surface area contributed by atoms with Crippen LogP contribution in [0, 0.1) is 0 Å². The minimum absolute atomic E-state index is 0.116. The molecule has 1 amide bonds. The molecular weight excluding hydrogens is 475 g/mol. The van der Waals surface area contributed by atoms with Gasteiger partial charge in [0.15, 0.2) is 0 Å². The van der Waals surface area contributed by atoms with E-state index in [0.29, 0.717) is 17.0 Å². The molecule has 0 bridgehead atoms. The number of amides is 1. The van der Waals surface area contributed by atoms with Gasteiger partial charge < -0.3 is 13.8 Å². The average molecular weight is 491 g/mol. The first-order valence-corrected chi connectivity index (χ1v) is 11.5. The summed E-state index contributed by atoms with van der Waals surface area (Å²) < 4.78 is 65.6. The molecule has 1 unspecified atom stereocenters. The number of ether oxygens (including phenoxy) is 1. The molecule has 0 fully saturated rings. The summed E-state index contributed by atoms with van der Waals surface area (Å²) in [5.74, 6) is -1.89. The Morgan fingerprint density at radius 2 is 1.91 bits per heavy atom. The maximum absolute atomic E-state index is 13.0. The van der Waals surface area contributed by atoms with Gasteiger partial charge in [-0.25, -0.2) is 9.19 Å². The van der Waals surface area contributed by atoms with Gasteiger partial charge in [-0.3, -0.25) is 4.79 Å². The standard InChI is InChI=1S/C21H16F3N5O4S/c1-32-16-7-9-25-17(11-16)34(2,31)28-19(30)14-8-10-29(12-14)15-5-3-13(4-6-15)18-26-20(33-27-18)21(22,23)24/h3-12H,1-2H3. The Morgan fingerprint density at radius 3 is 2.56 bits per heavy atom. The van der Waals surface area contributed by atoms with Crippen LogP contribution >= 0.6 is 0 Å². The van der Waals surface area contributed by atoms with Gasteiger partial charge in [-0.05, 0) is 36.4 Å². The number of halogens is 3. The lowest BCUT2D eigenvalue weighted by molar-refractivity contribution is -0.159. The van der Waals surface area contributed by atoms with Crippen LogP contribution < -0.4 is 4.74 Å². The number of aromatic nitrogens is 4. The number of hydrogen-bond donors (Lipinski definition) is 0. The molecule has 9 nitrogen and oxygen atoms in total. The summed E-state index contributed by atoms with van der Waals surface area (Å²) in [4.78, 5) is 20.0. The first-order chi connectivity index (χ1) is 16.1. The zero-order valence-corrected chi connectivity index (χ0v) is 18.5. The van der Waals surface area contributed by atoms with E-state index in [-0.39, 0.29) is 16.4 Å². The average Bonchev–Trinajstić information content (AvgIpc) is 3.49. The first kappa shape index (κ1) is 23.2. The zero-order chi connectivity index (χ0) is 24.5. The van der Waals surface area contributed by atoms with Crippen LogP contribution in [0.2, 0.25) is 0 Å². The van der Waals surface area contributed by atoms with Gasteiger partial charge in [0.25, 0.3) is 5.91 Å². The van der Waals surface area contributed by atoms with Crippen LogP contribution in [0.4, 0.5) is 13.2 Å². The highest BCUT2D eigenvalue weighted by molar-refractivity contribution is 7.93. The predicted molar refractivity (Wildman–Crippen MR) is 114 cm³/mol. The number of benzene rings is 1. The van der Waals surface area contributed by atoms with E-state index in [1.807, 2.05) is 0 Å². The second-order valence-corrected chi connectivity index (χ2v) is 9.21. The lowest BCUT2D eigenvalue weighted by Gasteiger charge is -2.05. The van der Waals surface area contributed by atoms with Crippen molar-refractivity contribution in [3.63, 3.8) is 0 Å². The van der Waals surface area contributed by atoms with Crippen LogP contribution in [0.3, 0.4) is 0 Å². The number of carbonyl (C=O) groups excluding carboxylic acids is 1. The first-order valence-electron chi connectivity index (χ1n) is 9.53. The van der Waals surface area contributed by atoms with E-state index >= 15 is 0 Å². The Bertz CT molecular complexity index is 1470. The fraction of sp³-hybridized carbons (Fsp3) is 0.143. The van der Waals surface area contributed by atoms with Gasteiger partial charge >= 0.3 is 12.1 Å². The molecule has 0 aliphatic heterocycles. The molecule has 0 aliphatic carbocycles. The van der Waals surface area contributed by atoms with Crippen LogP contribution in [0.25, 0.3) is 17.1 Å². The van der Waals surface area contributed by atoms with Crippen LogP contribution in [0.1, 0.15) is 16.2 Å². The van der Waals surface area contributed by atoms with E-state index in [1.54, 1.807) is 29.0 Å². The van der Waals surface area contributed by atoms with E-state index in [2.05, 4.69) is 24.0 Å². The van der Waals surface area contributed by atoms with Crippen molar-refractivity contribution in [1.29, 1.82) is 0 Å². The maximum Gasteiger partial charge on any atom is 0.471 e. The van der Waals surface area contributed by atoms with Gasteiger partial charge in [-0.2, -0.15) is 22.5 Å². The van der Waals surface area contributed by atoms with Crippen molar-refractivity contribution >= 4 is 15.6 Å². The highest BCUT2D eigenvalue weighted by Gasteiger charge is 2.38. The molecule has 0 aliphatic rings. The molecule has 1 aromatic carbocycles. The smallest absolute Gasteiger partial charge is 0.471 e. The number of methoxy groups -OCH3 is 1. The molecule has 0 spiro atoms. The van der Waals surface area contributed by atoms with Gasteiger partial charge in [0, 0.05) is 42.2 Å². The molecule has 13 heteroatoms. The number of nitrogens with zero attached hydrogens (tertiary/aromatic N) is 5. The second-order valence-electron chi connectivity index (χ2n) is 7.01. The highest BCUT2D eigenvalue weighted by Crippen LogP contribution is 2.29. The van der Waals surface area contributed by atoms with Gasteiger partial charge in [-0.1, -0.05) is 5.16 Å². The third kappa shape index (κ3) is 4.83. The molecule has 3 heterocycles. The highest BCUT2D eigenvalue weighted by atomic mass is 32.2. The minimum atomic E-state index is -4.73. The van der Waals surface area contributed by atoms with Crippen LogP contribution in [0.5, 0.6) is 5.75 Å². The predicted octanol–water partition coefficient (Wildman–Crippen LogP) is 4.25. The summed E-state index contributed by atoms with van der Waals surface area (Å²) in [7, 11) is -1.66. The lowest BCUT2D eigenvalue weighted by Crippen LogP contribution is -2.05. The van der Waals surface area contributed by atoms with Crippen LogP contribution in [-0.4, -0.2) is 43.2 Å². The minimum Gasteiger partial charge on any atom is -0.497 e. The van der Waals surface area contributed by atoms with Gasteiger partial charge in [-0.15, -0.1) is 0 Å². The zero-order valence-electron chi connectivity index (χ0n) is 17.7. The molecule has 3 aromatic heterocycles. The summed E-state index contributed by atoms with van der Waals surface area (Å²) in [5.41, 5.74) is 1.11. The van der Waals surface area contributed by atoms with Crippen molar-refractivity contribution in [2.75, 3.05) is 13.4 Å². The Hall–Kier alpha value is -4.00. The SMILES string of the molecule is COc1ccnc(S(C)(=O)=NC(=O)c2ccn(-c3ccc(-c4noc(C(F)(F)F)n4)cc3)c2)c1. The van der Waals surface area contributed by atoms with Crippen LogP contribution in [0.15, 0.2) is 75.0 Å². The van der Waals surface area contributed by atoms with Gasteiger partial charge in [0.2, 0.25) is 5.82 Å². The molecule has 0 saturated heterocycles. The summed E-state index contributed by atoms with van der Waals surface area (Å²) in [6.07, 6.45) is 1.08. The van der Waals surface area contributed by atoms with E-state index in [4.69, 9.17) is 4.74 Å². The lowest BCUT2D eigenvalue weighted by atomic mass is 10.2. The molecule has 176 valence electrons. The number of pyridine rings is 1. The molecule has 4 rings (SSSR count). The molecule has 0 radical (unpaired) electrons.